The maximum atomic E-state index is 12.4. The highest BCUT2D eigenvalue weighted by atomic mass is 16.4. The van der Waals surface area contributed by atoms with Gasteiger partial charge >= 0.3 is 12.0 Å². The van der Waals surface area contributed by atoms with Crippen LogP contribution in [0.15, 0.2) is 30.3 Å². The topological polar surface area (TPSA) is 98.7 Å². The number of aliphatic carboxylic acids is 1. The Hall–Kier alpha value is -2.57. The number of nitrogens with one attached hydrogen (secondary N) is 2. The lowest BCUT2D eigenvalue weighted by atomic mass is 9.73. The number of nitrogens with zero attached hydrogens (tertiary/aromatic N) is 1. The summed E-state index contributed by atoms with van der Waals surface area (Å²) in [6, 6.07) is 9.11. The van der Waals surface area contributed by atoms with Gasteiger partial charge in [0.15, 0.2) is 0 Å². The maximum Gasteiger partial charge on any atom is 0.315 e. The fourth-order valence-electron chi connectivity index (χ4n) is 4.27. The largest absolute Gasteiger partial charge is 0.481 e. The van der Waals surface area contributed by atoms with E-state index in [-0.39, 0.29) is 24.5 Å². The molecule has 3 N–H and O–H groups in total. The van der Waals surface area contributed by atoms with Gasteiger partial charge in [-0.25, -0.2) is 4.79 Å². The molecule has 1 saturated carbocycles. The Kier molecular flexibility index (Phi) is 6.54. The number of amides is 3. The van der Waals surface area contributed by atoms with Crippen molar-refractivity contribution in [2.45, 2.75) is 56.4 Å². The van der Waals surface area contributed by atoms with Gasteiger partial charge < -0.3 is 20.6 Å². The number of hydrogen-bond donors (Lipinski definition) is 3. The van der Waals surface area contributed by atoms with Crippen LogP contribution in [-0.2, 0) is 15.0 Å². The van der Waals surface area contributed by atoms with Crippen LogP contribution in [0.2, 0.25) is 0 Å². The molecule has 7 nitrogen and oxygen atoms in total. The van der Waals surface area contributed by atoms with E-state index in [4.69, 9.17) is 0 Å². The van der Waals surface area contributed by atoms with Gasteiger partial charge in [0, 0.05) is 19.1 Å². The third-order valence-electron chi connectivity index (χ3n) is 6.05. The lowest BCUT2D eigenvalue weighted by Gasteiger charge is -2.39. The summed E-state index contributed by atoms with van der Waals surface area (Å²) in [5.74, 6) is -1.03. The summed E-state index contributed by atoms with van der Waals surface area (Å²) in [6.45, 7) is 0.669. The third-order valence-corrected chi connectivity index (χ3v) is 6.05. The first kappa shape index (κ1) is 20.2. The van der Waals surface area contributed by atoms with Crippen LogP contribution >= 0.6 is 0 Å². The molecule has 28 heavy (non-hydrogen) atoms. The predicted octanol–water partition coefficient (Wildman–Crippen LogP) is 2.26. The zero-order chi connectivity index (χ0) is 20.0. The van der Waals surface area contributed by atoms with Gasteiger partial charge in [-0.3, -0.25) is 9.59 Å². The molecule has 0 aromatic heterocycles. The van der Waals surface area contributed by atoms with Crippen LogP contribution in [0.3, 0.4) is 0 Å². The van der Waals surface area contributed by atoms with E-state index >= 15 is 0 Å². The van der Waals surface area contributed by atoms with Crippen LogP contribution in [0.4, 0.5) is 4.79 Å². The summed E-state index contributed by atoms with van der Waals surface area (Å²) in [6.07, 6.45) is 6.19. The third kappa shape index (κ3) is 4.64. The molecule has 7 heteroatoms. The molecule has 1 heterocycles. The number of piperidine rings is 1. The van der Waals surface area contributed by atoms with Gasteiger partial charge in [-0.15, -0.1) is 0 Å². The van der Waals surface area contributed by atoms with E-state index < -0.39 is 11.4 Å². The molecule has 1 aliphatic carbocycles. The van der Waals surface area contributed by atoms with E-state index in [2.05, 4.69) is 10.6 Å². The normalized spacial score (nSPS) is 19.6. The first-order valence-corrected chi connectivity index (χ1v) is 10.1. The van der Waals surface area contributed by atoms with Crippen LogP contribution in [0.1, 0.15) is 50.5 Å². The van der Waals surface area contributed by atoms with Crippen LogP contribution in [0, 0.1) is 0 Å². The van der Waals surface area contributed by atoms with Crippen molar-refractivity contribution in [3.63, 3.8) is 0 Å². The van der Waals surface area contributed by atoms with Gasteiger partial charge in [-0.2, -0.15) is 0 Å². The van der Waals surface area contributed by atoms with E-state index in [1.54, 1.807) is 4.90 Å². The number of carbonyl (C=O) groups excluding carboxylic acids is 2. The summed E-state index contributed by atoms with van der Waals surface area (Å²) < 4.78 is 0. The van der Waals surface area contributed by atoms with Gasteiger partial charge in [0.25, 0.3) is 0 Å². The highest BCUT2D eigenvalue weighted by Gasteiger charge is 2.43. The molecule has 3 amide bonds. The average molecular weight is 387 g/mol. The summed E-state index contributed by atoms with van der Waals surface area (Å²) in [5.41, 5.74) is -0.177. The van der Waals surface area contributed by atoms with Crippen LogP contribution in [0.5, 0.6) is 0 Å². The van der Waals surface area contributed by atoms with Crippen molar-refractivity contribution < 1.29 is 19.5 Å². The molecule has 1 aliphatic heterocycles. The van der Waals surface area contributed by atoms with Crippen LogP contribution < -0.4 is 10.6 Å². The van der Waals surface area contributed by atoms with Crippen molar-refractivity contribution in [2.24, 2.45) is 0 Å². The van der Waals surface area contributed by atoms with Gasteiger partial charge in [-0.1, -0.05) is 49.6 Å². The highest BCUT2D eigenvalue weighted by Crippen LogP contribution is 2.35. The molecule has 0 radical (unpaired) electrons. The molecule has 0 bridgehead atoms. The van der Waals surface area contributed by atoms with Crippen LogP contribution in [-0.4, -0.2) is 53.6 Å². The van der Waals surface area contributed by atoms with Crippen molar-refractivity contribution in [3.05, 3.63) is 35.9 Å². The smallest absolute Gasteiger partial charge is 0.315 e. The predicted molar refractivity (Wildman–Crippen MR) is 105 cm³/mol. The molecule has 1 aromatic carbocycles. The van der Waals surface area contributed by atoms with Gasteiger partial charge in [-0.05, 0) is 31.2 Å². The van der Waals surface area contributed by atoms with Gasteiger partial charge in [0.05, 0.1) is 12.0 Å². The number of carboxylic acids is 1. The quantitative estimate of drug-likeness (QED) is 0.722. The zero-order valence-electron chi connectivity index (χ0n) is 16.2. The Morgan fingerprint density at radius 1 is 1.04 bits per heavy atom. The molecule has 0 atom stereocenters. The van der Waals surface area contributed by atoms with E-state index in [0.717, 1.165) is 31.2 Å². The van der Waals surface area contributed by atoms with E-state index in [9.17, 15) is 19.5 Å². The maximum absolute atomic E-state index is 12.4. The van der Waals surface area contributed by atoms with Crippen molar-refractivity contribution >= 4 is 17.9 Å². The SMILES string of the molecule is O=C(NCC(=O)N1CCC(C(=O)O)(c2ccccc2)CC1)NC1CCCCC1. The Labute approximate surface area is 165 Å². The molecular weight excluding hydrogens is 358 g/mol. The van der Waals surface area contributed by atoms with Crippen molar-refractivity contribution in [2.75, 3.05) is 19.6 Å². The second-order valence-corrected chi connectivity index (χ2v) is 7.80. The molecule has 2 aliphatic rings. The summed E-state index contributed by atoms with van der Waals surface area (Å²) in [4.78, 5) is 38.1. The highest BCUT2D eigenvalue weighted by molar-refractivity contribution is 5.85. The molecule has 0 unspecified atom stereocenters. The minimum absolute atomic E-state index is 0.0655. The summed E-state index contributed by atoms with van der Waals surface area (Å²) in [7, 11) is 0. The van der Waals surface area contributed by atoms with E-state index in [1.807, 2.05) is 30.3 Å². The molecular formula is C21H29N3O4. The van der Waals surface area contributed by atoms with E-state index in [0.29, 0.717) is 25.9 Å². The van der Waals surface area contributed by atoms with Crippen LogP contribution in [0.25, 0.3) is 0 Å². The average Bonchev–Trinajstić information content (AvgIpc) is 2.73. The van der Waals surface area contributed by atoms with Crippen molar-refractivity contribution in [1.82, 2.24) is 15.5 Å². The number of rotatable bonds is 5. The van der Waals surface area contributed by atoms with Gasteiger partial charge in [0.2, 0.25) is 5.91 Å². The first-order valence-electron chi connectivity index (χ1n) is 10.1. The fourth-order valence-corrected chi connectivity index (χ4v) is 4.27. The number of carbonyl (C=O) groups is 3. The minimum Gasteiger partial charge on any atom is -0.481 e. The lowest BCUT2D eigenvalue weighted by molar-refractivity contribution is -0.148. The molecule has 2 fully saturated rings. The standard InChI is InChI=1S/C21H29N3O4/c25-18(15-22-20(28)23-17-9-5-2-6-10-17)24-13-11-21(12-14-24,19(26)27)16-7-3-1-4-8-16/h1,3-4,7-8,17H,2,5-6,9-15H2,(H,26,27)(H2,22,23,28). The fraction of sp³-hybridized carbons (Fsp3) is 0.571. The number of benzene rings is 1. The number of carboxylic acid groups (broad SMARTS) is 1. The molecule has 0 spiro atoms. The molecule has 1 aromatic rings. The minimum atomic E-state index is -0.955. The lowest BCUT2D eigenvalue weighted by Crippen LogP contribution is -2.52. The first-order chi connectivity index (χ1) is 13.5. The Morgan fingerprint density at radius 3 is 2.29 bits per heavy atom. The second-order valence-electron chi connectivity index (χ2n) is 7.80. The Morgan fingerprint density at radius 2 is 1.68 bits per heavy atom. The number of urea groups is 1. The van der Waals surface area contributed by atoms with E-state index in [1.165, 1.54) is 6.42 Å². The second kappa shape index (κ2) is 9.08. The molecule has 152 valence electrons. The van der Waals surface area contributed by atoms with Crippen molar-refractivity contribution in [3.8, 4) is 0 Å². The number of hydrogen-bond acceptors (Lipinski definition) is 3. The molecule has 1 saturated heterocycles. The number of likely N-dealkylation sites (tertiary alicyclic amines) is 1. The Bertz CT molecular complexity index is 693. The molecule has 3 rings (SSSR count). The van der Waals surface area contributed by atoms with Gasteiger partial charge in [0.1, 0.15) is 0 Å². The summed E-state index contributed by atoms with van der Waals surface area (Å²) in [5, 5.41) is 15.4. The Balaban J connectivity index is 1.49. The monoisotopic (exact) mass is 387 g/mol. The summed E-state index contributed by atoms with van der Waals surface area (Å²) >= 11 is 0. The zero-order valence-corrected chi connectivity index (χ0v) is 16.2. The van der Waals surface area contributed by atoms with Crippen molar-refractivity contribution in [1.29, 1.82) is 0 Å².